The van der Waals surface area contributed by atoms with Crippen molar-refractivity contribution in [3.8, 4) is 0 Å². The van der Waals surface area contributed by atoms with Crippen LogP contribution in [0.5, 0.6) is 0 Å². The first-order valence-electron chi connectivity index (χ1n) is 5.97. The van der Waals surface area contributed by atoms with Crippen LogP contribution in [0.3, 0.4) is 0 Å². The van der Waals surface area contributed by atoms with Crippen LogP contribution in [0.2, 0.25) is 0 Å². The minimum atomic E-state index is -0.0647. The highest BCUT2D eigenvalue weighted by atomic mass is 32.1. The SMILES string of the molecule is CCn1cc(N)cc1C(=O)NCCc1cccs1. The minimum Gasteiger partial charge on any atom is -0.397 e. The quantitative estimate of drug-likeness (QED) is 0.868. The van der Waals surface area contributed by atoms with E-state index in [4.69, 9.17) is 5.73 Å². The molecule has 96 valence electrons. The third-order valence-electron chi connectivity index (χ3n) is 2.73. The average Bonchev–Trinajstić information content (AvgIpc) is 2.98. The second kappa shape index (κ2) is 5.73. The van der Waals surface area contributed by atoms with Crippen molar-refractivity contribution in [1.29, 1.82) is 0 Å². The van der Waals surface area contributed by atoms with E-state index in [1.807, 2.05) is 22.9 Å². The van der Waals surface area contributed by atoms with Crippen molar-refractivity contribution in [2.24, 2.45) is 0 Å². The Kier molecular flexibility index (Phi) is 4.04. The molecule has 0 fully saturated rings. The highest BCUT2D eigenvalue weighted by Crippen LogP contribution is 2.11. The second-order valence-electron chi connectivity index (χ2n) is 4.03. The topological polar surface area (TPSA) is 60.0 Å². The lowest BCUT2D eigenvalue weighted by atomic mass is 10.3. The van der Waals surface area contributed by atoms with Crippen LogP contribution in [-0.2, 0) is 13.0 Å². The van der Waals surface area contributed by atoms with E-state index in [1.54, 1.807) is 23.6 Å². The number of hydrogen-bond donors (Lipinski definition) is 2. The largest absolute Gasteiger partial charge is 0.397 e. The molecule has 2 aromatic rings. The number of carbonyl (C=O) groups excluding carboxylic acids is 1. The van der Waals surface area contributed by atoms with Crippen LogP contribution in [-0.4, -0.2) is 17.0 Å². The first kappa shape index (κ1) is 12.7. The Morgan fingerprint density at radius 1 is 1.56 bits per heavy atom. The fourth-order valence-electron chi connectivity index (χ4n) is 1.83. The van der Waals surface area contributed by atoms with Crippen molar-refractivity contribution in [1.82, 2.24) is 9.88 Å². The fourth-order valence-corrected chi connectivity index (χ4v) is 2.54. The fraction of sp³-hybridized carbons (Fsp3) is 0.308. The zero-order chi connectivity index (χ0) is 13.0. The number of aryl methyl sites for hydroxylation is 1. The molecule has 5 heteroatoms. The Morgan fingerprint density at radius 3 is 3.06 bits per heavy atom. The van der Waals surface area contributed by atoms with Crippen LogP contribution in [0.15, 0.2) is 29.8 Å². The van der Waals surface area contributed by atoms with Crippen molar-refractivity contribution in [3.63, 3.8) is 0 Å². The zero-order valence-corrected chi connectivity index (χ0v) is 11.2. The maximum Gasteiger partial charge on any atom is 0.267 e. The molecule has 0 atom stereocenters. The van der Waals surface area contributed by atoms with Crippen LogP contribution in [0, 0.1) is 0 Å². The van der Waals surface area contributed by atoms with Crippen LogP contribution in [0.1, 0.15) is 22.3 Å². The minimum absolute atomic E-state index is 0.0647. The molecule has 0 radical (unpaired) electrons. The number of rotatable bonds is 5. The first-order valence-corrected chi connectivity index (χ1v) is 6.85. The van der Waals surface area contributed by atoms with Gasteiger partial charge >= 0.3 is 0 Å². The Labute approximate surface area is 110 Å². The number of aromatic nitrogens is 1. The summed E-state index contributed by atoms with van der Waals surface area (Å²) >= 11 is 1.71. The third kappa shape index (κ3) is 2.92. The molecule has 0 aliphatic carbocycles. The van der Waals surface area contributed by atoms with Crippen molar-refractivity contribution >= 4 is 22.9 Å². The van der Waals surface area contributed by atoms with Gasteiger partial charge in [0.2, 0.25) is 0 Å². The van der Waals surface area contributed by atoms with E-state index < -0.39 is 0 Å². The van der Waals surface area contributed by atoms with Gasteiger partial charge < -0.3 is 15.6 Å². The Balaban J connectivity index is 1.91. The number of amides is 1. The van der Waals surface area contributed by atoms with Crippen molar-refractivity contribution < 1.29 is 4.79 Å². The maximum atomic E-state index is 12.0. The number of nitrogens with two attached hydrogens (primary N) is 1. The van der Waals surface area contributed by atoms with Gasteiger partial charge in [-0.25, -0.2) is 0 Å². The summed E-state index contributed by atoms with van der Waals surface area (Å²) in [5, 5.41) is 4.96. The summed E-state index contributed by atoms with van der Waals surface area (Å²) in [7, 11) is 0. The van der Waals surface area contributed by atoms with Crippen molar-refractivity contribution in [2.75, 3.05) is 12.3 Å². The highest BCUT2D eigenvalue weighted by Gasteiger charge is 2.11. The molecule has 0 bridgehead atoms. The van der Waals surface area contributed by atoms with Crippen LogP contribution < -0.4 is 11.1 Å². The highest BCUT2D eigenvalue weighted by molar-refractivity contribution is 7.09. The van der Waals surface area contributed by atoms with Gasteiger partial charge in [0.1, 0.15) is 5.69 Å². The number of nitrogen functional groups attached to an aromatic ring is 1. The number of carbonyl (C=O) groups is 1. The molecular weight excluding hydrogens is 246 g/mol. The molecule has 4 nitrogen and oxygen atoms in total. The molecule has 1 amide bonds. The summed E-state index contributed by atoms with van der Waals surface area (Å²) in [5.74, 6) is -0.0647. The first-order chi connectivity index (χ1) is 8.70. The normalized spacial score (nSPS) is 10.5. The number of nitrogens with zero attached hydrogens (tertiary/aromatic N) is 1. The molecule has 0 saturated heterocycles. The number of hydrogen-bond acceptors (Lipinski definition) is 3. The van der Waals surface area contributed by atoms with E-state index in [1.165, 1.54) is 4.88 Å². The predicted molar refractivity (Wildman–Crippen MR) is 74.9 cm³/mol. The van der Waals surface area contributed by atoms with Gasteiger partial charge in [-0.15, -0.1) is 11.3 Å². The molecule has 0 unspecified atom stereocenters. The molecule has 0 aromatic carbocycles. The van der Waals surface area contributed by atoms with E-state index in [0.717, 1.165) is 13.0 Å². The lowest BCUT2D eigenvalue weighted by Crippen LogP contribution is -2.27. The number of thiophene rings is 1. The molecule has 2 rings (SSSR count). The smallest absolute Gasteiger partial charge is 0.267 e. The van der Waals surface area contributed by atoms with Gasteiger partial charge in [-0.05, 0) is 30.9 Å². The van der Waals surface area contributed by atoms with Gasteiger partial charge in [0.05, 0.1) is 5.69 Å². The Morgan fingerprint density at radius 2 is 2.39 bits per heavy atom. The Bertz CT molecular complexity index is 516. The third-order valence-corrected chi connectivity index (χ3v) is 3.66. The van der Waals surface area contributed by atoms with Crippen LogP contribution in [0.25, 0.3) is 0 Å². The molecule has 0 saturated carbocycles. The summed E-state index contributed by atoms with van der Waals surface area (Å²) in [6.07, 6.45) is 2.65. The summed E-state index contributed by atoms with van der Waals surface area (Å²) in [6, 6.07) is 5.80. The summed E-state index contributed by atoms with van der Waals surface area (Å²) in [5.41, 5.74) is 6.95. The van der Waals surface area contributed by atoms with Gasteiger partial charge in [-0.1, -0.05) is 6.07 Å². The van der Waals surface area contributed by atoms with Gasteiger partial charge in [0.15, 0.2) is 0 Å². The number of anilines is 1. The van der Waals surface area contributed by atoms with Crippen molar-refractivity contribution in [3.05, 3.63) is 40.3 Å². The lowest BCUT2D eigenvalue weighted by Gasteiger charge is -2.06. The molecule has 0 spiro atoms. The van der Waals surface area contributed by atoms with Crippen LogP contribution in [0.4, 0.5) is 5.69 Å². The summed E-state index contributed by atoms with van der Waals surface area (Å²) in [6.45, 7) is 3.38. The van der Waals surface area contributed by atoms with Gasteiger partial charge in [0.25, 0.3) is 5.91 Å². The molecule has 2 aromatic heterocycles. The standard InChI is InChI=1S/C13H17N3OS/c1-2-16-9-10(14)8-12(16)13(17)15-6-5-11-4-3-7-18-11/h3-4,7-9H,2,5-6,14H2,1H3,(H,15,17). The maximum absolute atomic E-state index is 12.0. The average molecular weight is 263 g/mol. The Hall–Kier alpha value is -1.75. The molecule has 18 heavy (non-hydrogen) atoms. The zero-order valence-electron chi connectivity index (χ0n) is 10.3. The molecular formula is C13H17N3OS. The van der Waals surface area contributed by atoms with Crippen LogP contribution >= 0.6 is 11.3 Å². The number of nitrogens with one attached hydrogen (secondary N) is 1. The van der Waals surface area contributed by atoms with E-state index in [2.05, 4.69) is 11.4 Å². The predicted octanol–water partition coefficient (Wildman–Crippen LogP) is 2.12. The molecule has 3 N–H and O–H groups in total. The summed E-state index contributed by atoms with van der Waals surface area (Å²) in [4.78, 5) is 13.3. The van der Waals surface area contributed by atoms with Gasteiger partial charge in [0, 0.05) is 24.2 Å². The van der Waals surface area contributed by atoms with E-state index >= 15 is 0 Å². The summed E-state index contributed by atoms with van der Waals surface area (Å²) < 4.78 is 1.86. The lowest BCUT2D eigenvalue weighted by molar-refractivity contribution is 0.0945. The van der Waals surface area contributed by atoms with Gasteiger partial charge in [-0.3, -0.25) is 4.79 Å². The monoisotopic (exact) mass is 263 g/mol. The van der Waals surface area contributed by atoms with E-state index in [-0.39, 0.29) is 5.91 Å². The van der Waals surface area contributed by atoms with E-state index in [9.17, 15) is 4.79 Å². The van der Waals surface area contributed by atoms with Gasteiger partial charge in [-0.2, -0.15) is 0 Å². The molecule has 0 aliphatic heterocycles. The van der Waals surface area contributed by atoms with Crippen molar-refractivity contribution in [2.45, 2.75) is 19.9 Å². The van der Waals surface area contributed by atoms with E-state index in [0.29, 0.717) is 17.9 Å². The molecule has 2 heterocycles. The second-order valence-corrected chi connectivity index (χ2v) is 5.06. The molecule has 0 aliphatic rings.